The Morgan fingerprint density at radius 2 is 2.15 bits per heavy atom. The van der Waals surface area contributed by atoms with Gasteiger partial charge in [-0.05, 0) is 37.6 Å². The Balaban J connectivity index is 1.65. The van der Waals surface area contributed by atoms with Crippen molar-refractivity contribution >= 4 is 28.4 Å². The average molecular weight is 455 g/mol. The highest BCUT2D eigenvalue weighted by Crippen LogP contribution is 2.33. The van der Waals surface area contributed by atoms with Crippen molar-refractivity contribution in [2.24, 2.45) is 0 Å². The van der Waals surface area contributed by atoms with Gasteiger partial charge < -0.3 is 34.7 Å². The molecule has 176 valence electrons. The lowest BCUT2D eigenvalue weighted by Gasteiger charge is -2.19. The maximum Gasteiger partial charge on any atom is 0.260 e. The first-order valence-electron chi connectivity index (χ1n) is 11.2. The highest BCUT2D eigenvalue weighted by atomic mass is 16.5. The van der Waals surface area contributed by atoms with Crippen LogP contribution in [0.15, 0.2) is 30.7 Å². The fourth-order valence-electron chi connectivity index (χ4n) is 3.61. The second kappa shape index (κ2) is 11.0. The number of carbonyl (C=O) groups excluding carboxylic acids is 1. The quantitative estimate of drug-likeness (QED) is 0.504. The molecule has 0 radical (unpaired) electrons. The van der Waals surface area contributed by atoms with Crippen molar-refractivity contribution in [2.45, 2.75) is 19.9 Å². The van der Waals surface area contributed by atoms with Gasteiger partial charge in [0.1, 0.15) is 24.4 Å². The lowest BCUT2D eigenvalue weighted by atomic mass is 10.2. The van der Waals surface area contributed by atoms with Crippen LogP contribution in [-0.4, -0.2) is 72.3 Å². The van der Waals surface area contributed by atoms with Gasteiger partial charge in [0.05, 0.1) is 12.0 Å². The van der Waals surface area contributed by atoms with Crippen molar-refractivity contribution in [3.63, 3.8) is 0 Å². The molecule has 10 heteroatoms. The summed E-state index contributed by atoms with van der Waals surface area (Å²) in [6, 6.07) is 5.52. The normalized spacial score (nSPS) is 15.2. The van der Waals surface area contributed by atoms with E-state index in [1.165, 1.54) is 6.33 Å². The van der Waals surface area contributed by atoms with Gasteiger partial charge in [0, 0.05) is 44.7 Å². The third-order valence-electron chi connectivity index (χ3n) is 5.39. The number of rotatable bonds is 5. The predicted molar refractivity (Wildman–Crippen MR) is 125 cm³/mol. The Labute approximate surface area is 192 Å². The highest BCUT2D eigenvalue weighted by molar-refractivity contribution is 5.92. The molecule has 0 atom stereocenters. The van der Waals surface area contributed by atoms with Crippen molar-refractivity contribution in [1.29, 1.82) is 0 Å². The minimum atomic E-state index is -0.0915. The molecule has 3 N–H and O–H groups in total. The van der Waals surface area contributed by atoms with Crippen molar-refractivity contribution in [3.05, 3.63) is 36.3 Å². The first kappa shape index (κ1) is 22.8. The maximum absolute atomic E-state index is 12.6. The monoisotopic (exact) mass is 454 g/mol. The molecule has 1 aliphatic rings. The van der Waals surface area contributed by atoms with Crippen LogP contribution in [0.3, 0.4) is 0 Å². The second-order valence-electron chi connectivity index (χ2n) is 7.73. The number of aromatic amines is 1. The van der Waals surface area contributed by atoms with E-state index in [0.717, 1.165) is 35.2 Å². The van der Waals surface area contributed by atoms with Crippen LogP contribution < -0.4 is 20.1 Å². The van der Waals surface area contributed by atoms with Crippen LogP contribution in [-0.2, 0) is 16.1 Å². The van der Waals surface area contributed by atoms with Crippen molar-refractivity contribution < 1.29 is 19.0 Å². The first-order valence-corrected chi connectivity index (χ1v) is 11.2. The summed E-state index contributed by atoms with van der Waals surface area (Å²) in [6.07, 6.45) is 4.29. The number of H-pyrrole nitrogens is 1. The summed E-state index contributed by atoms with van der Waals surface area (Å²) in [4.78, 5) is 26.3. The van der Waals surface area contributed by atoms with Crippen LogP contribution in [0, 0.1) is 0 Å². The Hall–Kier alpha value is -3.37. The second-order valence-corrected chi connectivity index (χ2v) is 7.73. The van der Waals surface area contributed by atoms with Crippen LogP contribution in [0.5, 0.6) is 11.5 Å². The fourth-order valence-corrected chi connectivity index (χ4v) is 3.61. The summed E-state index contributed by atoms with van der Waals surface area (Å²) in [6.45, 7) is 5.43. The van der Waals surface area contributed by atoms with Gasteiger partial charge in [-0.3, -0.25) is 4.79 Å². The standard InChI is InChI=1S/C23H30N6O4/c1-3-31-9-10-32-18-6-5-17-11-19(18)33-14-20(30)29(2)8-4-7-24-12-16-13-25-22-21(16)23(28-17)27-15-26-22/h5-6,11,13,15,24H,3-4,7-10,12,14H2,1-2H3,(H2,25,26,27,28). The number of nitrogens with one attached hydrogen (secondary N) is 3. The number of carbonyl (C=O) groups is 1. The van der Waals surface area contributed by atoms with E-state index in [1.54, 1.807) is 11.9 Å². The maximum atomic E-state index is 12.6. The number of fused-ring (bicyclic) bond motifs is 2. The third-order valence-corrected chi connectivity index (χ3v) is 5.39. The molecule has 1 aliphatic heterocycles. The molecular weight excluding hydrogens is 424 g/mol. The van der Waals surface area contributed by atoms with Gasteiger partial charge in [-0.25, -0.2) is 9.97 Å². The first-order chi connectivity index (χ1) is 16.2. The number of amides is 1. The van der Waals surface area contributed by atoms with Crippen LogP contribution in [0.25, 0.3) is 11.0 Å². The van der Waals surface area contributed by atoms with Gasteiger partial charge in [-0.15, -0.1) is 0 Å². The van der Waals surface area contributed by atoms with E-state index in [2.05, 4.69) is 25.6 Å². The Bertz CT molecular complexity index is 1090. The summed E-state index contributed by atoms with van der Waals surface area (Å²) in [7, 11) is 1.79. The van der Waals surface area contributed by atoms with Gasteiger partial charge in [0.2, 0.25) is 0 Å². The summed E-state index contributed by atoms with van der Waals surface area (Å²) in [5.74, 6) is 1.63. The number of likely N-dealkylation sites (N-methyl/N-ethyl adjacent to an activating group) is 1. The summed E-state index contributed by atoms with van der Waals surface area (Å²) >= 11 is 0. The van der Waals surface area contributed by atoms with E-state index in [4.69, 9.17) is 14.2 Å². The molecule has 3 heterocycles. The van der Waals surface area contributed by atoms with Gasteiger partial charge in [-0.1, -0.05) is 0 Å². The van der Waals surface area contributed by atoms with E-state index in [1.807, 2.05) is 31.3 Å². The number of nitrogens with zero attached hydrogens (tertiary/aromatic N) is 3. The lowest BCUT2D eigenvalue weighted by molar-refractivity contribution is -0.132. The molecule has 0 fully saturated rings. The molecule has 0 unspecified atom stereocenters. The van der Waals surface area contributed by atoms with Gasteiger partial charge in [-0.2, -0.15) is 0 Å². The van der Waals surface area contributed by atoms with E-state index >= 15 is 0 Å². The average Bonchev–Trinajstić information content (AvgIpc) is 3.24. The number of ether oxygens (including phenoxy) is 3. The molecule has 10 nitrogen and oxygen atoms in total. The summed E-state index contributed by atoms with van der Waals surface area (Å²) in [5, 5.41) is 7.73. The lowest BCUT2D eigenvalue weighted by Crippen LogP contribution is -2.33. The summed E-state index contributed by atoms with van der Waals surface area (Å²) < 4.78 is 17.1. The molecule has 4 rings (SSSR count). The van der Waals surface area contributed by atoms with Crippen molar-refractivity contribution in [1.82, 2.24) is 25.2 Å². The molecule has 2 bridgehead atoms. The molecule has 0 spiro atoms. The number of hydrogen-bond acceptors (Lipinski definition) is 8. The predicted octanol–water partition coefficient (Wildman–Crippen LogP) is 2.45. The van der Waals surface area contributed by atoms with E-state index in [-0.39, 0.29) is 12.5 Å². The topological polar surface area (TPSA) is 114 Å². The number of aromatic nitrogens is 3. The zero-order chi connectivity index (χ0) is 23.0. The van der Waals surface area contributed by atoms with E-state index in [9.17, 15) is 4.79 Å². The smallest absolute Gasteiger partial charge is 0.260 e. The van der Waals surface area contributed by atoms with E-state index in [0.29, 0.717) is 50.2 Å². The Morgan fingerprint density at radius 1 is 1.24 bits per heavy atom. The number of hydrogen-bond donors (Lipinski definition) is 3. The highest BCUT2D eigenvalue weighted by Gasteiger charge is 2.16. The van der Waals surface area contributed by atoms with Crippen LogP contribution in [0.1, 0.15) is 18.9 Å². The van der Waals surface area contributed by atoms with Gasteiger partial charge in [0.15, 0.2) is 18.1 Å². The molecule has 1 amide bonds. The molecule has 1 aromatic carbocycles. The van der Waals surface area contributed by atoms with Crippen molar-refractivity contribution in [3.8, 4) is 11.5 Å². The van der Waals surface area contributed by atoms with Crippen LogP contribution in [0.4, 0.5) is 11.5 Å². The minimum absolute atomic E-state index is 0.0745. The van der Waals surface area contributed by atoms with Gasteiger partial charge >= 0.3 is 0 Å². The zero-order valence-corrected chi connectivity index (χ0v) is 19.0. The Morgan fingerprint density at radius 3 is 3.03 bits per heavy atom. The third kappa shape index (κ3) is 5.71. The summed E-state index contributed by atoms with van der Waals surface area (Å²) in [5.41, 5.74) is 2.59. The number of benzene rings is 1. The van der Waals surface area contributed by atoms with Crippen LogP contribution in [0.2, 0.25) is 0 Å². The molecule has 33 heavy (non-hydrogen) atoms. The van der Waals surface area contributed by atoms with E-state index < -0.39 is 0 Å². The number of anilines is 2. The fraction of sp³-hybridized carbons (Fsp3) is 0.435. The van der Waals surface area contributed by atoms with Gasteiger partial charge in [0.25, 0.3) is 5.91 Å². The molecule has 3 aromatic rings. The largest absolute Gasteiger partial charge is 0.487 e. The molecular formula is C23H30N6O4. The van der Waals surface area contributed by atoms with Crippen molar-refractivity contribution in [2.75, 3.05) is 51.9 Å². The zero-order valence-electron chi connectivity index (χ0n) is 19.0. The Kier molecular flexibility index (Phi) is 7.59. The molecule has 2 aromatic heterocycles. The SMILES string of the molecule is CCOCCOc1ccc2cc1OCC(=O)N(C)CCCNCc1c[nH]c3ncnc(c13)N2. The van der Waals surface area contributed by atoms with Crippen LogP contribution >= 0.6 is 0 Å². The molecule has 0 saturated heterocycles. The minimum Gasteiger partial charge on any atom is -0.487 e. The molecule has 0 aliphatic carbocycles. The molecule has 0 saturated carbocycles.